The zero-order valence-corrected chi connectivity index (χ0v) is 60.1. The molecule has 90 heavy (non-hydrogen) atoms. The Morgan fingerprint density at radius 1 is 0.300 bits per heavy atom. The molecule has 0 aromatic rings. The number of carbonyl (C=O) groups excluding carboxylic acids is 4. The number of phosphoric ester groups is 2. The van der Waals surface area contributed by atoms with E-state index in [2.05, 4.69) is 34.6 Å². The van der Waals surface area contributed by atoms with Crippen molar-refractivity contribution in [1.29, 1.82) is 0 Å². The second-order valence-electron chi connectivity index (χ2n) is 26.1. The lowest BCUT2D eigenvalue weighted by Crippen LogP contribution is -2.30. The summed E-state index contributed by atoms with van der Waals surface area (Å²) in [5, 5.41) is 10.6. The third-order valence-corrected chi connectivity index (χ3v) is 18.4. The van der Waals surface area contributed by atoms with Crippen molar-refractivity contribution < 1.29 is 80.2 Å². The highest BCUT2D eigenvalue weighted by Crippen LogP contribution is 2.45. The third kappa shape index (κ3) is 64.8. The zero-order chi connectivity index (χ0) is 66.3. The molecule has 19 heteroatoms. The molecule has 2 unspecified atom stereocenters. The highest BCUT2D eigenvalue weighted by atomic mass is 31.2. The minimum Gasteiger partial charge on any atom is -0.462 e. The summed E-state index contributed by atoms with van der Waals surface area (Å²) in [6.45, 7) is 7.16. The second kappa shape index (κ2) is 64.4. The van der Waals surface area contributed by atoms with Crippen molar-refractivity contribution in [2.45, 2.75) is 387 Å². The first-order valence-corrected chi connectivity index (χ1v) is 40.1. The molecule has 0 rings (SSSR count). The standard InChI is InChI=1S/C71H138O17P2/c1-6-9-12-15-18-20-22-23-24-25-26-27-28-29-30-31-32-33-35-42-47-52-57-71(76)88-67(61-82-69(74)55-50-45-40-37-36-39-43-48-53-64(4)5)63-86-90(79,80)84-59-65(72)58-83-89(77,78)85-62-66(60-81-68(73)54-49-44-38-17-14-11-8-3)87-70(75)56-51-46-41-34-21-19-16-13-10-7-2/h64-67,72H,6-63H2,1-5H3,(H,77,78)(H,79,80)/t65-,66+,67+/m0/s1. The van der Waals surface area contributed by atoms with Crippen molar-refractivity contribution >= 4 is 39.5 Å². The van der Waals surface area contributed by atoms with E-state index in [9.17, 15) is 43.2 Å². The summed E-state index contributed by atoms with van der Waals surface area (Å²) in [6, 6.07) is 0. The molecule has 17 nitrogen and oxygen atoms in total. The first-order chi connectivity index (χ1) is 43.5. The summed E-state index contributed by atoms with van der Waals surface area (Å²) in [6.07, 6.45) is 51.7. The normalized spacial score (nSPS) is 14.1. The van der Waals surface area contributed by atoms with E-state index in [0.717, 1.165) is 109 Å². The second-order valence-corrected chi connectivity index (χ2v) is 29.0. The topological polar surface area (TPSA) is 237 Å². The largest absolute Gasteiger partial charge is 0.472 e. The van der Waals surface area contributed by atoms with Crippen LogP contribution >= 0.6 is 15.6 Å². The fourth-order valence-corrected chi connectivity index (χ4v) is 12.4. The predicted octanol–water partition coefficient (Wildman–Crippen LogP) is 20.5. The predicted molar refractivity (Wildman–Crippen MR) is 363 cm³/mol. The number of rotatable bonds is 71. The van der Waals surface area contributed by atoms with Gasteiger partial charge in [-0.15, -0.1) is 0 Å². The number of unbranched alkanes of at least 4 members (excludes halogenated alkanes) is 43. The van der Waals surface area contributed by atoms with Crippen LogP contribution in [0.5, 0.6) is 0 Å². The lowest BCUT2D eigenvalue weighted by atomic mass is 10.0. The van der Waals surface area contributed by atoms with Crippen molar-refractivity contribution in [2.75, 3.05) is 39.6 Å². The van der Waals surface area contributed by atoms with E-state index in [-0.39, 0.29) is 25.7 Å². The molecule has 0 aromatic heterocycles. The van der Waals surface area contributed by atoms with Crippen molar-refractivity contribution in [2.24, 2.45) is 5.92 Å². The van der Waals surface area contributed by atoms with Crippen LogP contribution in [0.1, 0.15) is 369 Å². The number of esters is 4. The minimum absolute atomic E-state index is 0.106. The van der Waals surface area contributed by atoms with E-state index in [1.807, 2.05) is 0 Å². The Hall–Kier alpha value is -1.94. The van der Waals surface area contributed by atoms with Gasteiger partial charge in [0.05, 0.1) is 26.4 Å². The van der Waals surface area contributed by atoms with E-state index in [4.69, 9.17) is 37.0 Å². The monoisotopic (exact) mass is 1320 g/mol. The van der Waals surface area contributed by atoms with Gasteiger partial charge in [0.2, 0.25) is 0 Å². The highest BCUT2D eigenvalue weighted by Gasteiger charge is 2.30. The highest BCUT2D eigenvalue weighted by molar-refractivity contribution is 7.47. The maximum Gasteiger partial charge on any atom is 0.472 e. The molecule has 0 bridgehead atoms. The van der Waals surface area contributed by atoms with E-state index in [1.165, 1.54) is 180 Å². The molecule has 0 aromatic carbocycles. The van der Waals surface area contributed by atoms with Crippen LogP contribution in [0.3, 0.4) is 0 Å². The summed E-state index contributed by atoms with van der Waals surface area (Å²) in [5.41, 5.74) is 0. The fraction of sp³-hybridized carbons (Fsp3) is 0.944. The maximum atomic E-state index is 13.0. The van der Waals surface area contributed by atoms with Gasteiger partial charge in [0, 0.05) is 25.7 Å². The Labute approximate surface area is 549 Å². The van der Waals surface area contributed by atoms with Crippen LogP contribution in [0.4, 0.5) is 0 Å². The van der Waals surface area contributed by atoms with Crippen molar-refractivity contribution in [1.82, 2.24) is 0 Å². The molecule has 0 saturated heterocycles. The summed E-state index contributed by atoms with van der Waals surface area (Å²) in [7, 11) is -9.89. The minimum atomic E-state index is -4.95. The molecule has 5 atom stereocenters. The summed E-state index contributed by atoms with van der Waals surface area (Å²) in [4.78, 5) is 72.3. The number of aliphatic hydroxyl groups is 1. The molecular weight excluding hydrogens is 1190 g/mol. The van der Waals surface area contributed by atoms with Gasteiger partial charge in [0.1, 0.15) is 19.3 Å². The molecule has 3 N–H and O–H groups in total. The average molecular weight is 1330 g/mol. The summed E-state index contributed by atoms with van der Waals surface area (Å²) < 4.78 is 68.1. The van der Waals surface area contributed by atoms with Crippen LogP contribution in [-0.4, -0.2) is 96.7 Å². The number of ether oxygens (including phenoxy) is 4. The summed E-state index contributed by atoms with van der Waals surface area (Å²) in [5.74, 6) is -1.40. The molecule has 0 radical (unpaired) electrons. The number of hydrogen-bond acceptors (Lipinski definition) is 15. The molecule has 0 spiro atoms. The number of aliphatic hydroxyl groups excluding tert-OH is 1. The molecule has 0 fully saturated rings. The van der Waals surface area contributed by atoms with Gasteiger partial charge in [-0.2, -0.15) is 0 Å². The van der Waals surface area contributed by atoms with E-state index >= 15 is 0 Å². The Morgan fingerprint density at radius 2 is 0.511 bits per heavy atom. The van der Waals surface area contributed by atoms with Crippen molar-refractivity contribution in [3.05, 3.63) is 0 Å². The van der Waals surface area contributed by atoms with Crippen LogP contribution < -0.4 is 0 Å². The molecule has 0 heterocycles. The van der Waals surface area contributed by atoms with Crippen LogP contribution in [0.25, 0.3) is 0 Å². The van der Waals surface area contributed by atoms with E-state index in [1.54, 1.807) is 0 Å². The quantitative estimate of drug-likeness (QED) is 0.0222. The van der Waals surface area contributed by atoms with Gasteiger partial charge in [0.15, 0.2) is 12.2 Å². The zero-order valence-electron chi connectivity index (χ0n) is 58.3. The van der Waals surface area contributed by atoms with Gasteiger partial charge in [-0.05, 0) is 31.6 Å². The molecule has 0 aliphatic carbocycles. The lowest BCUT2D eigenvalue weighted by Gasteiger charge is -2.21. The maximum absolute atomic E-state index is 13.0. The first kappa shape index (κ1) is 88.1. The average Bonchev–Trinajstić information content (AvgIpc) is 3.35. The molecule has 0 saturated carbocycles. The third-order valence-electron chi connectivity index (χ3n) is 16.5. The van der Waals surface area contributed by atoms with Gasteiger partial charge in [0.25, 0.3) is 0 Å². The number of carbonyl (C=O) groups is 4. The van der Waals surface area contributed by atoms with Gasteiger partial charge in [-0.25, -0.2) is 9.13 Å². The van der Waals surface area contributed by atoms with Gasteiger partial charge >= 0.3 is 39.5 Å². The Kier molecular flexibility index (Phi) is 63.0. The SMILES string of the molecule is CCCCCCCCCCCCCCCCCCCCCCCCC(=O)O[C@H](COC(=O)CCCCCCCCCCC(C)C)COP(=O)(O)OC[C@@H](O)COP(=O)(O)OC[C@@H](COC(=O)CCCCCCCCC)OC(=O)CCCCCCCCCCCC. The van der Waals surface area contributed by atoms with Gasteiger partial charge in [-0.1, -0.05) is 317 Å². The van der Waals surface area contributed by atoms with Gasteiger partial charge in [-0.3, -0.25) is 37.3 Å². The van der Waals surface area contributed by atoms with Crippen LogP contribution in [0, 0.1) is 5.92 Å². The lowest BCUT2D eigenvalue weighted by molar-refractivity contribution is -0.161. The van der Waals surface area contributed by atoms with Gasteiger partial charge < -0.3 is 33.8 Å². The molecule has 0 aliphatic rings. The smallest absolute Gasteiger partial charge is 0.462 e. The molecular formula is C71H138O17P2. The Bertz CT molecular complexity index is 1740. The number of phosphoric acid groups is 2. The number of hydrogen-bond donors (Lipinski definition) is 3. The Balaban J connectivity index is 5.10. The van der Waals surface area contributed by atoms with E-state index in [0.29, 0.717) is 25.7 Å². The Morgan fingerprint density at radius 3 is 0.756 bits per heavy atom. The van der Waals surface area contributed by atoms with Crippen molar-refractivity contribution in [3.63, 3.8) is 0 Å². The molecule has 0 aliphatic heterocycles. The first-order valence-electron chi connectivity index (χ1n) is 37.1. The van der Waals surface area contributed by atoms with Crippen LogP contribution in [0.15, 0.2) is 0 Å². The summed E-state index contributed by atoms with van der Waals surface area (Å²) >= 11 is 0. The van der Waals surface area contributed by atoms with Crippen LogP contribution in [0.2, 0.25) is 0 Å². The van der Waals surface area contributed by atoms with Crippen molar-refractivity contribution in [3.8, 4) is 0 Å². The molecule has 534 valence electrons. The molecule has 0 amide bonds. The fourth-order valence-electron chi connectivity index (χ4n) is 10.8. The van der Waals surface area contributed by atoms with E-state index < -0.39 is 97.5 Å². The van der Waals surface area contributed by atoms with Crippen LogP contribution in [-0.2, 0) is 65.4 Å².